The number of carbonyl (C=O) groups is 1. The lowest BCUT2D eigenvalue weighted by molar-refractivity contribution is -0.116. The highest BCUT2D eigenvalue weighted by Crippen LogP contribution is 2.22. The molecule has 0 bridgehead atoms. The average Bonchev–Trinajstić information content (AvgIpc) is 2.43. The molecule has 0 fully saturated rings. The van der Waals surface area contributed by atoms with Gasteiger partial charge in [-0.25, -0.2) is 0 Å². The van der Waals surface area contributed by atoms with Crippen LogP contribution in [-0.4, -0.2) is 19.6 Å². The Morgan fingerprint density at radius 3 is 2.70 bits per heavy atom. The van der Waals surface area contributed by atoms with Crippen LogP contribution < -0.4 is 15.8 Å². The zero-order valence-electron chi connectivity index (χ0n) is 12.7. The van der Waals surface area contributed by atoms with Crippen molar-refractivity contribution < 1.29 is 9.53 Å². The SMILES string of the molecule is CCC(CCN)CCC(=O)Nc1ccc(OC)c(C)c1. The molecular weight excluding hydrogens is 252 g/mol. The van der Waals surface area contributed by atoms with Crippen molar-refractivity contribution in [2.75, 3.05) is 19.0 Å². The molecule has 4 nitrogen and oxygen atoms in total. The summed E-state index contributed by atoms with van der Waals surface area (Å²) in [7, 11) is 1.64. The molecule has 3 N–H and O–H groups in total. The fourth-order valence-electron chi connectivity index (χ4n) is 2.30. The van der Waals surface area contributed by atoms with E-state index in [0.29, 0.717) is 18.9 Å². The Kier molecular flexibility index (Phi) is 7.09. The van der Waals surface area contributed by atoms with E-state index in [9.17, 15) is 4.79 Å². The van der Waals surface area contributed by atoms with Gasteiger partial charge in [-0.2, -0.15) is 0 Å². The number of carbonyl (C=O) groups excluding carboxylic acids is 1. The van der Waals surface area contributed by atoms with Crippen LogP contribution in [0, 0.1) is 12.8 Å². The van der Waals surface area contributed by atoms with Crippen LogP contribution in [0.5, 0.6) is 5.75 Å². The molecule has 1 aromatic rings. The zero-order chi connectivity index (χ0) is 15.0. The minimum Gasteiger partial charge on any atom is -0.496 e. The monoisotopic (exact) mass is 278 g/mol. The van der Waals surface area contributed by atoms with Crippen LogP contribution in [-0.2, 0) is 4.79 Å². The summed E-state index contributed by atoms with van der Waals surface area (Å²) in [5.41, 5.74) is 7.40. The minimum atomic E-state index is 0.0602. The number of hydrogen-bond donors (Lipinski definition) is 2. The number of nitrogens with two attached hydrogens (primary N) is 1. The Bertz CT molecular complexity index is 432. The zero-order valence-corrected chi connectivity index (χ0v) is 12.7. The van der Waals surface area contributed by atoms with Gasteiger partial charge in [-0.15, -0.1) is 0 Å². The molecular formula is C16H26N2O2. The van der Waals surface area contributed by atoms with E-state index in [0.717, 1.165) is 36.3 Å². The molecule has 0 radical (unpaired) electrons. The van der Waals surface area contributed by atoms with Gasteiger partial charge in [-0.1, -0.05) is 13.3 Å². The Labute approximate surface area is 121 Å². The third-order valence-electron chi connectivity index (χ3n) is 3.61. The highest BCUT2D eigenvalue weighted by molar-refractivity contribution is 5.90. The number of benzene rings is 1. The Morgan fingerprint density at radius 1 is 1.40 bits per heavy atom. The van der Waals surface area contributed by atoms with E-state index < -0.39 is 0 Å². The largest absolute Gasteiger partial charge is 0.496 e. The fourth-order valence-corrected chi connectivity index (χ4v) is 2.30. The maximum atomic E-state index is 11.9. The van der Waals surface area contributed by atoms with E-state index in [1.54, 1.807) is 7.11 Å². The van der Waals surface area contributed by atoms with Crippen molar-refractivity contribution in [3.8, 4) is 5.75 Å². The smallest absolute Gasteiger partial charge is 0.224 e. The number of amides is 1. The molecule has 1 atom stereocenters. The van der Waals surface area contributed by atoms with Gasteiger partial charge >= 0.3 is 0 Å². The number of hydrogen-bond acceptors (Lipinski definition) is 3. The maximum Gasteiger partial charge on any atom is 0.224 e. The molecule has 4 heteroatoms. The van der Waals surface area contributed by atoms with Gasteiger partial charge < -0.3 is 15.8 Å². The first-order chi connectivity index (χ1) is 9.60. The Hall–Kier alpha value is -1.55. The first-order valence-electron chi connectivity index (χ1n) is 7.25. The summed E-state index contributed by atoms with van der Waals surface area (Å²) in [5.74, 6) is 1.44. The first kappa shape index (κ1) is 16.5. The lowest BCUT2D eigenvalue weighted by Gasteiger charge is -2.13. The van der Waals surface area contributed by atoms with E-state index >= 15 is 0 Å². The van der Waals surface area contributed by atoms with Crippen LogP contribution in [0.15, 0.2) is 18.2 Å². The predicted molar refractivity (Wildman–Crippen MR) is 83.0 cm³/mol. The number of methoxy groups -OCH3 is 1. The molecule has 1 unspecified atom stereocenters. The van der Waals surface area contributed by atoms with Gasteiger partial charge in [-0.05, 0) is 56.0 Å². The summed E-state index contributed by atoms with van der Waals surface area (Å²) in [4.78, 5) is 11.9. The van der Waals surface area contributed by atoms with Crippen LogP contribution in [0.25, 0.3) is 0 Å². The van der Waals surface area contributed by atoms with E-state index in [4.69, 9.17) is 10.5 Å². The molecule has 0 spiro atoms. The normalized spacial score (nSPS) is 12.0. The van der Waals surface area contributed by atoms with Gasteiger partial charge in [-0.3, -0.25) is 4.79 Å². The average molecular weight is 278 g/mol. The van der Waals surface area contributed by atoms with E-state index in [-0.39, 0.29) is 5.91 Å². The lowest BCUT2D eigenvalue weighted by atomic mass is 9.96. The third-order valence-corrected chi connectivity index (χ3v) is 3.61. The second kappa shape index (κ2) is 8.59. The van der Waals surface area contributed by atoms with Crippen LogP contribution in [0.4, 0.5) is 5.69 Å². The van der Waals surface area contributed by atoms with Crippen molar-refractivity contribution in [1.82, 2.24) is 0 Å². The second-order valence-electron chi connectivity index (χ2n) is 5.12. The summed E-state index contributed by atoms with van der Waals surface area (Å²) in [5, 5.41) is 2.93. The quantitative estimate of drug-likeness (QED) is 0.768. The standard InChI is InChI=1S/C16H26N2O2/c1-4-13(9-10-17)5-8-16(19)18-14-6-7-15(20-3)12(2)11-14/h6-7,11,13H,4-5,8-10,17H2,1-3H3,(H,18,19). The highest BCUT2D eigenvalue weighted by atomic mass is 16.5. The minimum absolute atomic E-state index is 0.0602. The van der Waals surface area contributed by atoms with Crippen LogP contribution >= 0.6 is 0 Å². The summed E-state index contributed by atoms with van der Waals surface area (Å²) < 4.78 is 5.20. The summed E-state index contributed by atoms with van der Waals surface area (Å²) >= 11 is 0. The highest BCUT2D eigenvalue weighted by Gasteiger charge is 2.09. The van der Waals surface area contributed by atoms with Crippen LogP contribution in [0.1, 0.15) is 38.2 Å². The number of anilines is 1. The molecule has 1 amide bonds. The van der Waals surface area contributed by atoms with Gasteiger partial charge in [0.25, 0.3) is 0 Å². The maximum absolute atomic E-state index is 11.9. The second-order valence-corrected chi connectivity index (χ2v) is 5.12. The molecule has 112 valence electrons. The predicted octanol–water partition coefficient (Wildman–Crippen LogP) is 3.10. The van der Waals surface area contributed by atoms with Crippen molar-refractivity contribution in [1.29, 1.82) is 0 Å². The summed E-state index contributed by atoms with van der Waals surface area (Å²) in [6, 6.07) is 5.66. The number of nitrogens with one attached hydrogen (secondary N) is 1. The molecule has 0 saturated carbocycles. The van der Waals surface area contributed by atoms with Crippen molar-refractivity contribution in [3.05, 3.63) is 23.8 Å². The van der Waals surface area contributed by atoms with E-state index in [1.807, 2.05) is 25.1 Å². The van der Waals surface area contributed by atoms with E-state index in [2.05, 4.69) is 12.2 Å². The third kappa shape index (κ3) is 5.21. The van der Waals surface area contributed by atoms with Crippen molar-refractivity contribution in [2.45, 2.75) is 39.5 Å². The van der Waals surface area contributed by atoms with Gasteiger partial charge in [0.1, 0.15) is 5.75 Å². The van der Waals surface area contributed by atoms with Crippen molar-refractivity contribution >= 4 is 11.6 Å². The molecule has 0 aliphatic rings. The van der Waals surface area contributed by atoms with Gasteiger partial charge in [0, 0.05) is 12.1 Å². The molecule has 0 aliphatic carbocycles. The van der Waals surface area contributed by atoms with Crippen LogP contribution in [0.2, 0.25) is 0 Å². The van der Waals surface area contributed by atoms with Gasteiger partial charge in [0.15, 0.2) is 0 Å². The molecule has 1 rings (SSSR count). The Morgan fingerprint density at radius 2 is 2.15 bits per heavy atom. The van der Waals surface area contributed by atoms with Gasteiger partial charge in [0.2, 0.25) is 5.91 Å². The first-order valence-corrected chi connectivity index (χ1v) is 7.25. The molecule has 20 heavy (non-hydrogen) atoms. The summed E-state index contributed by atoms with van der Waals surface area (Å²) in [6.07, 6.45) is 3.51. The molecule has 0 aromatic heterocycles. The van der Waals surface area contributed by atoms with Crippen molar-refractivity contribution in [3.63, 3.8) is 0 Å². The van der Waals surface area contributed by atoms with E-state index in [1.165, 1.54) is 0 Å². The number of aryl methyl sites for hydroxylation is 1. The van der Waals surface area contributed by atoms with Gasteiger partial charge in [0.05, 0.1) is 7.11 Å². The van der Waals surface area contributed by atoms with Crippen LogP contribution in [0.3, 0.4) is 0 Å². The fraction of sp³-hybridized carbons (Fsp3) is 0.562. The molecule has 0 saturated heterocycles. The summed E-state index contributed by atoms with van der Waals surface area (Å²) in [6.45, 7) is 4.80. The molecule has 0 aliphatic heterocycles. The number of ether oxygens (including phenoxy) is 1. The topological polar surface area (TPSA) is 64.4 Å². The molecule has 0 heterocycles. The molecule has 1 aromatic carbocycles. The van der Waals surface area contributed by atoms with Crippen molar-refractivity contribution in [2.24, 2.45) is 11.7 Å². The number of rotatable bonds is 8. The lowest BCUT2D eigenvalue weighted by Crippen LogP contribution is -2.15. The Balaban J connectivity index is 2.48.